The maximum Gasteiger partial charge on any atom is 0.305 e. The smallest absolute Gasteiger partial charge is 0.305 e. The molecule has 184 valence electrons. The second-order valence-electron chi connectivity index (χ2n) is 7.88. The van der Waals surface area contributed by atoms with Crippen LogP contribution in [0.15, 0.2) is 4.99 Å². The molecule has 0 aromatic carbocycles. The third kappa shape index (κ3) is 7.28. The summed E-state index contributed by atoms with van der Waals surface area (Å²) in [6.45, 7) is -0.404. The molecule has 11 N–H and O–H groups in total. The lowest BCUT2D eigenvalue weighted by Crippen LogP contribution is -2.55. The summed E-state index contributed by atoms with van der Waals surface area (Å²) >= 11 is 0. The molecule has 2 aliphatic rings. The van der Waals surface area contributed by atoms with Crippen molar-refractivity contribution < 1.29 is 39.3 Å². The summed E-state index contributed by atoms with van der Waals surface area (Å²) in [7, 11) is 0. The molecular weight excluding hydrogens is 442 g/mol. The van der Waals surface area contributed by atoms with Crippen LogP contribution in [0.2, 0.25) is 0 Å². The lowest BCUT2D eigenvalue weighted by molar-refractivity contribution is -0.141. The first-order chi connectivity index (χ1) is 15.5. The number of carbonyl (C=O) groups is 5. The Bertz CT molecular complexity index is 816. The summed E-state index contributed by atoms with van der Waals surface area (Å²) in [6, 6.07) is -3.67. The van der Waals surface area contributed by atoms with Gasteiger partial charge in [-0.25, -0.2) is 0 Å². The van der Waals surface area contributed by atoms with Crippen molar-refractivity contribution in [1.29, 1.82) is 0 Å². The quantitative estimate of drug-likeness (QED) is 0.101. The molecule has 0 spiro atoms. The topological polar surface area (TPSA) is 259 Å². The summed E-state index contributed by atoms with van der Waals surface area (Å²) in [5.41, 5.74) is 10.5. The molecule has 2 rings (SSSR count). The normalized spacial score (nSPS) is 30.8. The van der Waals surface area contributed by atoms with E-state index < -0.39 is 78.8 Å². The summed E-state index contributed by atoms with van der Waals surface area (Å²) in [5.74, 6) is -5.85. The highest BCUT2D eigenvalue weighted by Crippen LogP contribution is 2.27. The lowest BCUT2D eigenvalue weighted by atomic mass is 10.0. The molecule has 1 heterocycles. The zero-order valence-electron chi connectivity index (χ0n) is 17.7. The number of carbonyl (C=O) groups excluding carboxylic acids is 4. The number of hydrogen-bond donors (Lipinski definition) is 9. The second kappa shape index (κ2) is 11.4. The fourth-order valence-electron chi connectivity index (χ4n) is 3.69. The van der Waals surface area contributed by atoms with Gasteiger partial charge >= 0.3 is 5.97 Å². The van der Waals surface area contributed by atoms with Gasteiger partial charge in [-0.1, -0.05) is 0 Å². The molecule has 2 fully saturated rings. The highest BCUT2D eigenvalue weighted by Gasteiger charge is 2.46. The number of aliphatic carboxylic acids is 1. The number of carboxylic acid groups (broad SMARTS) is 1. The lowest BCUT2D eigenvalue weighted by Gasteiger charge is -2.23. The number of nitrogens with zero attached hydrogens (tertiary/aromatic N) is 1. The van der Waals surface area contributed by atoms with Gasteiger partial charge in [0.1, 0.15) is 18.2 Å². The first-order valence-electron chi connectivity index (χ1n) is 10.3. The molecule has 15 heteroatoms. The van der Waals surface area contributed by atoms with E-state index in [-0.39, 0.29) is 25.3 Å². The molecule has 0 aromatic rings. The summed E-state index contributed by atoms with van der Waals surface area (Å²) in [5, 5.41) is 39.1. The van der Waals surface area contributed by atoms with E-state index in [1.807, 2.05) is 0 Å². The largest absolute Gasteiger partial charge is 0.481 e. The summed E-state index contributed by atoms with van der Waals surface area (Å²) in [6.07, 6.45) is -3.59. The van der Waals surface area contributed by atoms with Crippen molar-refractivity contribution in [3.05, 3.63) is 0 Å². The average Bonchev–Trinajstić information content (AvgIpc) is 3.01. The zero-order chi connectivity index (χ0) is 24.7. The molecule has 1 saturated heterocycles. The summed E-state index contributed by atoms with van der Waals surface area (Å²) < 4.78 is 0. The number of guanidine groups is 1. The van der Waals surface area contributed by atoms with Gasteiger partial charge in [0.05, 0.1) is 31.0 Å². The van der Waals surface area contributed by atoms with Crippen LogP contribution < -0.4 is 32.7 Å². The monoisotopic (exact) mass is 471 g/mol. The minimum atomic E-state index is -1.54. The molecular formula is C18H29N7O8. The number of nitrogens with one attached hydrogen (secondary N) is 4. The molecule has 2 bridgehead atoms. The Labute approximate surface area is 188 Å². The number of carboxylic acids is 1. The Balaban J connectivity index is 2.24. The van der Waals surface area contributed by atoms with E-state index in [1.54, 1.807) is 0 Å². The Hall–Kier alpha value is -3.46. The van der Waals surface area contributed by atoms with Gasteiger partial charge in [0, 0.05) is 6.54 Å². The molecule has 0 unspecified atom stereocenters. The van der Waals surface area contributed by atoms with Crippen molar-refractivity contribution >= 4 is 35.6 Å². The van der Waals surface area contributed by atoms with Gasteiger partial charge in [-0.15, -0.1) is 0 Å². The van der Waals surface area contributed by atoms with E-state index in [0.29, 0.717) is 6.42 Å². The van der Waals surface area contributed by atoms with E-state index in [0.717, 1.165) is 0 Å². The van der Waals surface area contributed by atoms with Crippen LogP contribution in [0.5, 0.6) is 0 Å². The minimum absolute atomic E-state index is 0.100. The van der Waals surface area contributed by atoms with Gasteiger partial charge in [0.2, 0.25) is 23.6 Å². The number of nitrogens with two attached hydrogens (primary N) is 2. The number of fused-ring (bicyclic) bond motifs is 2. The van der Waals surface area contributed by atoms with Crippen molar-refractivity contribution in [2.45, 2.75) is 56.0 Å². The van der Waals surface area contributed by atoms with Gasteiger partial charge in [-0.3, -0.25) is 29.0 Å². The predicted molar refractivity (Wildman–Crippen MR) is 111 cm³/mol. The van der Waals surface area contributed by atoms with Crippen LogP contribution >= 0.6 is 0 Å². The third-order valence-electron chi connectivity index (χ3n) is 5.38. The number of rotatable bonds is 6. The van der Waals surface area contributed by atoms with Crippen molar-refractivity contribution in [3.63, 3.8) is 0 Å². The molecule has 1 aliphatic carbocycles. The highest BCUT2D eigenvalue weighted by atomic mass is 16.4. The first-order valence-corrected chi connectivity index (χ1v) is 10.3. The second-order valence-corrected chi connectivity index (χ2v) is 7.88. The van der Waals surface area contributed by atoms with E-state index in [9.17, 15) is 34.2 Å². The van der Waals surface area contributed by atoms with Gasteiger partial charge in [-0.2, -0.15) is 0 Å². The Morgan fingerprint density at radius 1 is 0.970 bits per heavy atom. The molecule has 15 nitrogen and oxygen atoms in total. The highest BCUT2D eigenvalue weighted by molar-refractivity contribution is 5.94. The van der Waals surface area contributed by atoms with E-state index >= 15 is 0 Å². The molecule has 6 atom stereocenters. The number of amides is 4. The summed E-state index contributed by atoms with van der Waals surface area (Å²) in [4.78, 5) is 64.9. The standard InChI is InChI=1S/C18H29N7O8/c19-18(20)21-3-1-2-8-16(32)22-6-11(26)23-10(5-12(27)28)17(33)25-9-4-7(15(31)24-8)13(29)14(9)30/h7-10,13-14,29-30H,1-6H2,(H,22,32)(H,23,26)(H,24,31)(H,25,33)(H,27,28)(H4,19,20,21)/t7-,8-,9+,10-,13-,14-/m0/s1. The maximum atomic E-state index is 12.8. The maximum absolute atomic E-state index is 12.8. The first kappa shape index (κ1) is 25.8. The van der Waals surface area contributed by atoms with Gasteiger partial charge in [0.25, 0.3) is 0 Å². The van der Waals surface area contributed by atoms with Crippen LogP contribution in [0.4, 0.5) is 0 Å². The third-order valence-corrected chi connectivity index (χ3v) is 5.38. The predicted octanol–water partition coefficient (Wildman–Crippen LogP) is -5.16. The van der Waals surface area contributed by atoms with Crippen LogP contribution in [0.25, 0.3) is 0 Å². The van der Waals surface area contributed by atoms with Gasteiger partial charge in [-0.05, 0) is 19.3 Å². The van der Waals surface area contributed by atoms with Crippen molar-refractivity contribution in [3.8, 4) is 0 Å². The number of hydrogen-bond acceptors (Lipinski definition) is 8. The molecule has 4 amide bonds. The van der Waals surface area contributed by atoms with Gasteiger partial charge in [0.15, 0.2) is 5.96 Å². The fraction of sp³-hybridized carbons (Fsp3) is 0.667. The van der Waals surface area contributed by atoms with E-state index in [2.05, 4.69) is 26.3 Å². The Kier molecular flexibility index (Phi) is 8.93. The molecule has 0 aromatic heterocycles. The molecule has 0 radical (unpaired) electrons. The van der Waals surface area contributed by atoms with Crippen LogP contribution in [-0.4, -0.2) is 94.3 Å². The van der Waals surface area contributed by atoms with Crippen LogP contribution in [0, 0.1) is 5.92 Å². The van der Waals surface area contributed by atoms with E-state index in [1.165, 1.54) is 0 Å². The number of aliphatic hydroxyl groups is 2. The zero-order valence-corrected chi connectivity index (χ0v) is 17.7. The van der Waals surface area contributed by atoms with Crippen molar-refractivity contribution in [2.75, 3.05) is 13.1 Å². The van der Waals surface area contributed by atoms with Crippen molar-refractivity contribution in [1.82, 2.24) is 21.3 Å². The molecule has 1 saturated carbocycles. The number of aliphatic hydroxyl groups excluding tert-OH is 2. The fourth-order valence-corrected chi connectivity index (χ4v) is 3.69. The Morgan fingerprint density at radius 2 is 1.67 bits per heavy atom. The Morgan fingerprint density at radius 3 is 2.30 bits per heavy atom. The number of aliphatic imine (C=N–C) groups is 1. The van der Waals surface area contributed by atoms with E-state index in [4.69, 9.17) is 16.6 Å². The molecule has 1 aliphatic heterocycles. The minimum Gasteiger partial charge on any atom is -0.481 e. The van der Waals surface area contributed by atoms with Crippen LogP contribution in [0.3, 0.4) is 0 Å². The van der Waals surface area contributed by atoms with Crippen LogP contribution in [0.1, 0.15) is 25.7 Å². The SMILES string of the molecule is NC(N)=NCCC[C@@H]1NC(=O)[C@H]2C[C@@H](NC(=O)[C@H](CC(=O)O)NC(=O)CNC1=O)[C@H](O)[C@H]2O. The van der Waals surface area contributed by atoms with Gasteiger partial charge < -0.3 is 48.1 Å². The molecule has 33 heavy (non-hydrogen) atoms. The van der Waals surface area contributed by atoms with Crippen LogP contribution in [-0.2, 0) is 24.0 Å². The average molecular weight is 471 g/mol. The van der Waals surface area contributed by atoms with Crippen molar-refractivity contribution in [2.24, 2.45) is 22.4 Å².